The smallest absolute Gasteiger partial charge is 0.252 e. The molecule has 12 heteroatoms. The van der Waals surface area contributed by atoms with Crippen molar-refractivity contribution >= 4 is 26.8 Å². The average molecular weight is 534 g/mol. The number of aromatic amines is 1. The number of ether oxygens (including phenoxy) is 2. The van der Waals surface area contributed by atoms with Crippen molar-refractivity contribution in [1.82, 2.24) is 19.9 Å². The van der Waals surface area contributed by atoms with Crippen molar-refractivity contribution in [2.45, 2.75) is 11.9 Å². The molecule has 2 aromatic carbocycles. The number of hydrogen-bond donors (Lipinski definition) is 2. The molecule has 10 nitrogen and oxygen atoms in total. The number of H-pyrrole nitrogens is 1. The lowest BCUT2D eigenvalue weighted by molar-refractivity contribution is 0.0997. The zero-order valence-electron chi connectivity index (χ0n) is 19.9. The van der Waals surface area contributed by atoms with Crippen LogP contribution < -0.4 is 15.2 Å². The number of amides is 1. The van der Waals surface area contributed by atoms with Gasteiger partial charge in [0.1, 0.15) is 22.7 Å². The molecule has 0 aliphatic carbocycles. The highest BCUT2D eigenvalue weighted by atomic mass is 32.2. The quantitative estimate of drug-likeness (QED) is 0.293. The third-order valence-electron chi connectivity index (χ3n) is 5.52. The highest BCUT2D eigenvalue weighted by molar-refractivity contribution is 7.91. The highest BCUT2D eigenvalue weighted by Crippen LogP contribution is 2.38. The van der Waals surface area contributed by atoms with Crippen molar-refractivity contribution in [1.29, 1.82) is 0 Å². The number of aromatic nitrogens is 4. The first kappa shape index (κ1) is 24.8. The van der Waals surface area contributed by atoms with Crippen LogP contribution in [0.25, 0.3) is 22.6 Å². The molecule has 0 aliphatic rings. The van der Waals surface area contributed by atoms with Gasteiger partial charge in [-0.05, 0) is 36.4 Å². The number of carbonyl (C=O) groups excluding carboxylic acids is 1. The lowest BCUT2D eigenvalue weighted by atomic mass is 10.2. The van der Waals surface area contributed by atoms with Crippen LogP contribution >= 0.6 is 0 Å². The van der Waals surface area contributed by atoms with E-state index in [0.29, 0.717) is 22.6 Å². The van der Waals surface area contributed by atoms with Crippen LogP contribution in [0, 0.1) is 5.82 Å². The maximum atomic E-state index is 14.7. The Bertz CT molecular complexity index is 1760. The van der Waals surface area contributed by atoms with E-state index < -0.39 is 21.6 Å². The van der Waals surface area contributed by atoms with Crippen molar-refractivity contribution in [3.05, 3.63) is 84.4 Å². The summed E-state index contributed by atoms with van der Waals surface area (Å²) in [7, 11) is -3.48. The Hall–Kier alpha value is -4.84. The Balaban J connectivity index is 1.60. The van der Waals surface area contributed by atoms with Crippen molar-refractivity contribution < 1.29 is 27.1 Å². The monoisotopic (exact) mass is 533 g/mol. The molecule has 0 unspecified atom stereocenters. The number of nitrogens with one attached hydrogen (secondary N) is 1. The van der Waals surface area contributed by atoms with Crippen LogP contribution in [0.1, 0.15) is 17.3 Å². The summed E-state index contributed by atoms with van der Waals surface area (Å²) in [5.41, 5.74) is 6.61. The molecule has 1 amide bonds. The minimum absolute atomic E-state index is 0.0704. The van der Waals surface area contributed by atoms with Gasteiger partial charge in [-0.2, -0.15) is 0 Å². The van der Waals surface area contributed by atoms with Crippen molar-refractivity contribution in [3.8, 4) is 34.5 Å². The second kappa shape index (κ2) is 9.90. The SMILES string of the molecule is CCS(=O)(=O)c1ccc(Oc2cc(Oc3c(F)cccc3C(N)=O)c3nc(-c4ccccn4)[nH]c3c2)cn1. The summed E-state index contributed by atoms with van der Waals surface area (Å²) in [4.78, 5) is 27.9. The molecule has 0 spiro atoms. The third-order valence-corrected chi connectivity index (χ3v) is 7.16. The minimum atomic E-state index is -3.48. The van der Waals surface area contributed by atoms with Crippen LogP contribution in [-0.2, 0) is 9.84 Å². The number of halogens is 1. The van der Waals surface area contributed by atoms with Crippen LogP contribution in [-0.4, -0.2) is 40.0 Å². The summed E-state index contributed by atoms with van der Waals surface area (Å²) in [5.74, 6) is -1.13. The first-order chi connectivity index (χ1) is 18.2. The standard InChI is InChI=1S/C26H20FN5O5S/c1-2-38(34,35)22-10-9-15(14-30-22)36-16-12-20-23(32-26(31-20)19-8-3-4-11-29-19)21(13-16)37-24-17(25(28)33)6-5-7-18(24)27/h3-14H,2H2,1H3,(H2,28,33)(H,31,32). The molecule has 38 heavy (non-hydrogen) atoms. The molecule has 0 fully saturated rings. The highest BCUT2D eigenvalue weighted by Gasteiger charge is 2.20. The summed E-state index contributed by atoms with van der Waals surface area (Å²) in [6, 6.07) is 15.1. The first-order valence-corrected chi connectivity index (χ1v) is 13.0. The third kappa shape index (κ3) is 4.89. The van der Waals surface area contributed by atoms with E-state index in [0.717, 1.165) is 6.07 Å². The number of nitrogens with zero attached hydrogens (tertiary/aromatic N) is 3. The number of pyridine rings is 2. The van der Waals surface area contributed by atoms with Crippen molar-refractivity contribution in [3.63, 3.8) is 0 Å². The van der Waals surface area contributed by atoms with Crippen LogP contribution in [0.15, 0.2) is 78.1 Å². The zero-order chi connectivity index (χ0) is 26.9. The average Bonchev–Trinajstić information content (AvgIpc) is 3.35. The van der Waals surface area contributed by atoms with Gasteiger partial charge in [0.25, 0.3) is 5.91 Å². The van der Waals surface area contributed by atoms with Gasteiger partial charge in [0, 0.05) is 18.3 Å². The van der Waals surface area contributed by atoms with Crippen molar-refractivity contribution in [2.24, 2.45) is 5.73 Å². The summed E-state index contributed by atoms with van der Waals surface area (Å²) < 4.78 is 50.6. The maximum absolute atomic E-state index is 14.7. The van der Waals surface area contributed by atoms with Gasteiger partial charge in [-0.1, -0.05) is 19.1 Å². The number of nitrogens with two attached hydrogens (primary N) is 1. The minimum Gasteiger partial charge on any atom is -0.456 e. The number of carbonyl (C=O) groups is 1. The Labute approximate surface area is 216 Å². The van der Waals surface area contributed by atoms with Crippen LogP contribution in [0.4, 0.5) is 4.39 Å². The van der Waals surface area contributed by atoms with Crippen LogP contribution in [0.5, 0.6) is 23.0 Å². The lowest BCUT2D eigenvalue weighted by Gasteiger charge is -2.12. The van der Waals surface area contributed by atoms with E-state index in [4.69, 9.17) is 15.2 Å². The van der Waals surface area contributed by atoms with E-state index in [-0.39, 0.29) is 39.3 Å². The van der Waals surface area contributed by atoms with E-state index in [1.54, 1.807) is 30.5 Å². The number of para-hydroxylation sites is 1. The van der Waals surface area contributed by atoms with E-state index in [9.17, 15) is 17.6 Å². The number of hydrogen-bond acceptors (Lipinski definition) is 8. The number of fused-ring (bicyclic) bond motifs is 1. The number of primary amides is 1. The van der Waals surface area contributed by atoms with Gasteiger partial charge in [-0.15, -0.1) is 0 Å². The fourth-order valence-corrected chi connectivity index (χ4v) is 4.42. The molecule has 0 radical (unpaired) electrons. The Morgan fingerprint density at radius 1 is 1.03 bits per heavy atom. The number of imidazole rings is 1. The van der Waals surface area contributed by atoms with E-state index in [1.807, 2.05) is 0 Å². The molecule has 5 rings (SSSR count). The fourth-order valence-electron chi connectivity index (χ4n) is 3.63. The van der Waals surface area contributed by atoms with Crippen LogP contribution in [0.2, 0.25) is 0 Å². The van der Waals surface area contributed by atoms with Crippen LogP contribution in [0.3, 0.4) is 0 Å². The van der Waals surface area contributed by atoms with Gasteiger partial charge in [0.2, 0.25) is 0 Å². The molecule has 0 saturated carbocycles. The molecular formula is C26H20FN5O5S. The van der Waals surface area contributed by atoms with Crippen molar-refractivity contribution in [2.75, 3.05) is 5.75 Å². The topological polar surface area (TPSA) is 150 Å². The number of benzene rings is 2. The van der Waals surface area contributed by atoms with Gasteiger partial charge < -0.3 is 20.2 Å². The summed E-state index contributed by atoms with van der Waals surface area (Å²) in [5, 5.41) is -0.0704. The first-order valence-electron chi connectivity index (χ1n) is 11.3. The second-order valence-corrected chi connectivity index (χ2v) is 10.3. The Morgan fingerprint density at radius 3 is 2.55 bits per heavy atom. The molecular weight excluding hydrogens is 513 g/mol. The molecule has 3 heterocycles. The second-order valence-electron chi connectivity index (χ2n) is 8.04. The predicted molar refractivity (Wildman–Crippen MR) is 136 cm³/mol. The summed E-state index contributed by atoms with van der Waals surface area (Å²) in [6.07, 6.45) is 2.89. The van der Waals surface area contributed by atoms with Gasteiger partial charge in [-0.25, -0.2) is 22.8 Å². The normalized spacial score (nSPS) is 11.4. The molecule has 0 bridgehead atoms. The van der Waals surface area contributed by atoms with E-state index in [1.165, 1.54) is 43.5 Å². The molecule has 0 atom stereocenters. The lowest BCUT2D eigenvalue weighted by Crippen LogP contribution is -2.13. The van der Waals surface area contributed by atoms with Gasteiger partial charge in [0.05, 0.1) is 23.0 Å². The number of sulfone groups is 1. The molecule has 3 aromatic heterocycles. The van der Waals surface area contributed by atoms with E-state index >= 15 is 0 Å². The van der Waals surface area contributed by atoms with Gasteiger partial charge in [-0.3, -0.25) is 9.78 Å². The Kier molecular flexibility index (Phi) is 6.47. The summed E-state index contributed by atoms with van der Waals surface area (Å²) >= 11 is 0. The fraction of sp³-hybridized carbons (Fsp3) is 0.0769. The molecule has 192 valence electrons. The maximum Gasteiger partial charge on any atom is 0.252 e. The zero-order valence-corrected chi connectivity index (χ0v) is 20.7. The predicted octanol–water partition coefficient (Wildman–Crippen LogP) is 4.64. The molecule has 5 aromatic rings. The largest absolute Gasteiger partial charge is 0.456 e. The molecule has 0 aliphatic heterocycles. The Morgan fingerprint density at radius 2 is 1.87 bits per heavy atom. The summed E-state index contributed by atoms with van der Waals surface area (Å²) in [6.45, 7) is 1.53. The molecule has 0 saturated heterocycles. The number of rotatable bonds is 8. The van der Waals surface area contributed by atoms with Gasteiger partial charge in [0.15, 0.2) is 38.0 Å². The van der Waals surface area contributed by atoms with Gasteiger partial charge >= 0.3 is 0 Å². The molecule has 3 N–H and O–H groups in total. The van der Waals surface area contributed by atoms with E-state index in [2.05, 4.69) is 19.9 Å².